The van der Waals surface area contributed by atoms with E-state index in [2.05, 4.69) is 36.2 Å². The summed E-state index contributed by atoms with van der Waals surface area (Å²) >= 11 is 0. The van der Waals surface area contributed by atoms with Crippen LogP contribution in [0, 0.1) is 6.92 Å². The Hall–Kier alpha value is -2.35. The lowest BCUT2D eigenvalue weighted by Crippen LogP contribution is -1.88. The SMILES string of the molecule is COc1ccc2cc(-c3ccccc3C)ncc2c1. The molecule has 94 valence electrons. The monoisotopic (exact) mass is 249 g/mol. The molecule has 19 heavy (non-hydrogen) atoms. The van der Waals surface area contributed by atoms with Gasteiger partial charge < -0.3 is 4.74 Å². The zero-order valence-electron chi connectivity index (χ0n) is 11.1. The molecule has 0 aliphatic rings. The van der Waals surface area contributed by atoms with Gasteiger partial charge in [0.1, 0.15) is 5.75 Å². The van der Waals surface area contributed by atoms with Gasteiger partial charge in [0.15, 0.2) is 0 Å². The molecule has 0 aliphatic heterocycles. The van der Waals surface area contributed by atoms with Crippen molar-refractivity contribution in [3.8, 4) is 17.0 Å². The van der Waals surface area contributed by atoms with Gasteiger partial charge in [0.25, 0.3) is 0 Å². The fourth-order valence-corrected chi connectivity index (χ4v) is 2.25. The average molecular weight is 249 g/mol. The minimum Gasteiger partial charge on any atom is -0.497 e. The predicted molar refractivity (Wildman–Crippen MR) is 78.5 cm³/mol. The lowest BCUT2D eigenvalue weighted by atomic mass is 10.0. The lowest BCUT2D eigenvalue weighted by molar-refractivity contribution is 0.415. The molecule has 2 heteroatoms. The minimum atomic E-state index is 0.859. The third-order valence-electron chi connectivity index (χ3n) is 3.35. The molecule has 1 heterocycles. The molecule has 0 aliphatic carbocycles. The summed E-state index contributed by atoms with van der Waals surface area (Å²) in [6.45, 7) is 2.11. The van der Waals surface area contributed by atoms with E-state index >= 15 is 0 Å². The van der Waals surface area contributed by atoms with E-state index in [1.165, 1.54) is 16.5 Å². The van der Waals surface area contributed by atoms with Crippen LogP contribution in [0.2, 0.25) is 0 Å². The number of hydrogen-bond donors (Lipinski definition) is 0. The van der Waals surface area contributed by atoms with Crippen LogP contribution in [0.3, 0.4) is 0 Å². The molecule has 1 aromatic heterocycles. The van der Waals surface area contributed by atoms with Gasteiger partial charge in [-0.3, -0.25) is 4.98 Å². The van der Waals surface area contributed by atoms with Crippen molar-refractivity contribution < 1.29 is 4.74 Å². The van der Waals surface area contributed by atoms with Crippen LogP contribution in [0.25, 0.3) is 22.0 Å². The Labute approximate surface area is 112 Å². The summed E-state index contributed by atoms with van der Waals surface area (Å²) in [7, 11) is 1.68. The summed E-state index contributed by atoms with van der Waals surface area (Å²) < 4.78 is 5.23. The molecule has 0 fully saturated rings. The van der Waals surface area contributed by atoms with Gasteiger partial charge in [-0.2, -0.15) is 0 Å². The van der Waals surface area contributed by atoms with Gasteiger partial charge in [-0.15, -0.1) is 0 Å². The topological polar surface area (TPSA) is 22.1 Å². The molecule has 0 saturated carbocycles. The molecule has 0 bridgehead atoms. The van der Waals surface area contributed by atoms with Gasteiger partial charge in [-0.25, -0.2) is 0 Å². The summed E-state index contributed by atoms with van der Waals surface area (Å²) in [6, 6.07) is 16.5. The van der Waals surface area contributed by atoms with E-state index in [1.807, 2.05) is 30.5 Å². The van der Waals surface area contributed by atoms with Crippen LogP contribution in [0.4, 0.5) is 0 Å². The Morgan fingerprint density at radius 2 is 1.79 bits per heavy atom. The van der Waals surface area contributed by atoms with Crippen molar-refractivity contribution in [1.82, 2.24) is 4.98 Å². The Balaban J connectivity index is 2.15. The molecule has 0 saturated heterocycles. The summed E-state index contributed by atoms with van der Waals surface area (Å²) in [5.41, 5.74) is 3.43. The number of nitrogens with zero attached hydrogens (tertiary/aromatic N) is 1. The minimum absolute atomic E-state index is 0.859. The molecular formula is C17H15NO. The fourth-order valence-electron chi connectivity index (χ4n) is 2.25. The highest BCUT2D eigenvalue weighted by molar-refractivity contribution is 5.86. The molecule has 2 nitrogen and oxygen atoms in total. The van der Waals surface area contributed by atoms with Crippen molar-refractivity contribution in [2.75, 3.05) is 7.11 Å². The number of pyridine rings is 1. The van der Waals surface area contributed by atoms with Gasteiger partial charge in [-0.1, -0.05) is 30.3 Å². The average Bonchev–Trinajstić information content (AvgIpc) is 2.46. The van der Waals surface area contributed by atoms with Crippen LogP contribution in [0.1, 0.15) is 5.56 Å². The van der Waals surface area contributed by atoms with Crippen LogP contribution in [-0.4, -0.2) is 12.1 Å². The second-order valence-corrected chi connectivity index (χ2v) is 4.60. The molecule has 3 rings (SSSR count). The van der Waals surface area contributed by atoms with Crippen molar-refractivity contribution in [3.63, 3.8) is 0 Å². The van der Waals surface area contributed by atoms with Crippen LogP contribution in [0.5, 0.6) is 5.75 Å². The number of ether oxygens (including phenoxy) is 1. The van der Waals surface area contributed by atoms with Crippen molar-refractivity contribution in [2.24, 2.45) is 0 Å². The van der Waals surface area contributed by atoms with Gasteiger partial charge in [-0.05, 0) is 36.1 Å². The molecule has 0 amide bonds. The lowest BCUT2D eigenvalue weighted by Gasteiger charge is -2.07. The predicted octanol–water partition coefficient (Wildman–Crippen LogP) is 4.22. The van der Waals surface area contributed by atoms with Crippen molar-refractivity contribution in [2.45, 2.75) is 6.92 Å². The maximum Gasteiger partial charge on any atom is 0.119 e. The number of methoxy groups -OCH3 is 1. The first-order valence-corrected chi connectivity index (χ1v) is 6.28. The van der Waals surface area contributed by atoms with Gasteiger partial charge in [0, 0.05) is 17.1 Å². The molecule has 0 unspecified atom stereocenters. The van der Waals surface area contributed by atoms with E-state index in [4.69, 9.17) is 4.74 Å². The third-order valence-corrected chi connectivity index (χ3v) is 3.35. The highest BCUT2D eigenvalue weighted by Crippen LogP contribution is 2.26. The molecule has 2 aromatic carbocycles. The summed E-state index contributed by atoms with van der Waals surface area (Å²) in [5, 5.41) is 2.27. The van der Waals surface area contributed by atoms with E-state index < -0.39 is 0 Å². The summed E-state index contributed by atoms with van der Waals surface area (Å²) in [6.07, 6.45) is 1.90. The first-order chi connectivity index (χ1) is 9.28. The number of hydrogen-bond acceptors (Lipinski definition) is 2. The van der Waals surface area contributed by atoms with Gasteiger partial charge >= 0.3 is 0 Å². The number of benzene rings is 2. The van der Waals surface area contributed by atoms with Crippen LogP contribution in [0.15, 0.2) is 54.7 Å². The van der Waals surface area contributed by atoms with Crippen LogP contribution in [-0.2, 0) is 0 Å². The van der Waals surface area contributed by atoms with E-state index in [9.17, 15) is 0 Å². The highest BCUT2D eigenvalue weighted by Gasteiger charge is 2.04. The van der Waals surface area contributed by atoms with E-state index in [0.717, 1.165) is 16.8 Å². The maximum atomic E-state index is 5.23. The number of aryl methyl sites for hydroxylation is 1. The van der Waals surface area contributed by atoms with Gasteiger partial charge in [0.2, 0.25) is 0 Å². The molecule has 0 atom stereocenters. The molecular weight excluding hydrogens is 234 g/mol. The normalized spacial score (nSPS) is 10.6. The molecule has 0 spiro atoms. The van der Waals surface area contributed by atoms with E-state index in [0.29, 0.717) is 0 Å². The second kappa shape index (κ2) is 4.73. The van der Waals surface area contributed by atoms with Crippen molar-refractivity contribution in [3.05, 3.63) is 60.3 Å². The fraction of sp³-hybridized carbons (Fsp3) is 0.118. The van der Waals surface area contributed by atoms with Crippen LogP contribution >= 0.6 is 0 Å². The highest BCUT2D eigenvalue weighted by atomic mass is 16.5. The van der Waals surface area contributed by atoms with E-state index in [-0.39, 0.29) is 0 Å². The smallest absolute Gasteiger partial charge is 0.119 e. The van der Waals surface area contributed by atoms with Crippen molar-refractivity contribution in [1.29, 1.82) is 0 Å². The zero-order valence-corrected chi connectivity index (χ0v) is 11.1. The first-order valence-electron chi connectivity index (χ1n) is 6.28. The first kappa shape index (κ1) is 11.7. The zero-order chi connectivity index (χ0) is 13.2. The summed E-state index contributed by atoms with van der Waals surface area (Å²) in [5.74, 6) is 0.859. The number of aromatic nitrogens is 1. The second-order valence-electron chi connectivity index (χ2n) is 4.60. The Morgan fingerprint density at radius 3 is 2.58 bits per heavy atom. The summed E-state index contributed by atoms with van der Waals surface area (Å²) in [4.78, 5) is 4.56. The number of fused-ring (bicyclic) bond motifs is 1. The Bertz CT molecular complexity index is 734. The Kier molecular flexibility index (Phi) is 2.92. The largest absolute Gasteiger partial charge is 0.497 e. The van der Waals surface area contributed by atoms with Gasteiger partial charge in [0.05, 0.1) is 12.8 Å². The van der Waals surface area contributed by atoms with E-state index in [1.54, 1.807) is 7.11 Å². The molecule has 0 N–H and O–H groups in total. The standard InChI is InChI=1S/C17H15NO/c1-12-5-3-4-6-16(12)17-10-13-7-8-15(19-2)9-14(13)11-18-17/h3-11H,1-2H3. The van der Waals surface area contributed by atoms with Crippen molar-refractivity contribution >= 4 is 10.8 Å². The third kappa shape index (κ3) is 2.17. The Morgan fingerprint density at radius 1 is 0.947 bits per heavy atom. The quantitative estimate of drug-likeness (QED) is 0.678. The molecule has 3 aromatic rings. The van der Waals surface area contributed by atoms with Crippen LogP contribution < -0.4 is 4.74 Å². The molecule has 0 radical (unpaired) electrons. The number of rotatable bonds is 2. The maximum absolute atomic E-state index is 5.23.